The number of fused-ring (bicyclic) bond motifs is 6. The van der Waals surface area contributed by atoms with E-state index in [1.807, 2.05) is 60.7 Å². The molecule has 246 valence electrons. The van der Waals surface area contributed by atoms with Crippen LogP contribution in [0.25, 0.3) is 89.5 Å². The normalized spacial score (nSPS) is 13.0. The lowest BCUT2D eigenvalue weighted by Gasteiger charge is -2.22. The van der Waals surface area contributed by atoms with E-state index in [1.54, 1.807) is 0 Å². The first-order chi connectivity index (χ1) is 25.5. The van der Waals surface area contributed by atoms with Gasteiger partial charge in [-0.3, -0.25) is 0 Å². The van der Waals surface area contributed by atoms with E-state index in [9.17, 15) is 0 Å². The van der Waals surface area contributed by atoms with Gasteiger partial charge in [0.2, 0.25) is 0 Å². The molecule has 7 aromatic carbocycles. The van der Waals surface area contributed by atoms with Crippen LogP contribution in [-0.4, -0.2) is 15.0 Å². The van der Waals surface area contributed by atoms with Gasteiger partial charge >= 0.3 is 0 Å². The number of rotatable bonds is 5. The number of benzene rings is 7. The summed E-state index contributed by atoms with van der Waals surface area (Å²) in [6, 6.07) is 57.3. The molecule has 0 radical (unpaired) electrons. The summed E-state index contributed by atoms with van der Waals surface area (Å²) in [4.78, 5) is 14.8. The third-order valence-electron chi connectivity index (χ3n) is 10.5. The van der Waals surface area contributed by atoms with Crippen LogP contribution in [0.3, 0.4) is 0 Å². The molecule has 0 amide bonds. The Kier molecular flexibility index (Phi) is 6.80. The Morgan fingerprint density at radius 2 is 0.827 bits per heavy atom. The zero-order valence-corrected chi connectivity index (χ0v) is 28.8. The highest BCUT2D eigenvalue weighted by atomic mass is 16.3. The zero-order valence-electron chi connectivity index (χ0n) is 28.8. The summed E-state index contributed by atoms with van der Waals surface area (Å²) in [5.41, 5.74) is 14.5. The summed E-state index contributed by atoms with van der Waals surface area (Å²) < 4.78 is 6.36. The Morgan fingerprint density at radius 1 is 0.365 bits per heavy atom. The van der Waals surface area contributed by atoms with Gasteiger partial charge in [0.1, 0.15) is 11.2 Å². The second-order valence-electron chi connectivity index (χ2n) is 14.1. The van der Waals surface area contributed by atoms with Crippen molar-refractivity contribution in [3.05, 3.63) is 175 Å². The molecular weight excluding hydrogens is 635 g/mol. The van der Waals surface area contributed by atoms with Crippen molar-refractivity contribution < 1.29 is 4.42 Å². The van der Waals surface area contributed by atoms with Crippen molar-refractivity contribution in [1.82, 2.24) is 15.0 Å². The van der Waals surface area contributed by atoms with Crippen molar-refractivity contribution in [2.24, 2.45) is 0 Å². The predicted octanol–water partition coefficient (Wildman–Crippen LogP) is 12.4. The Balaban J connectivity index is 1.05. The lowest BCUT2D eigenvalue weighted by molar-refractivity contribution is 0.660. The fraction of sp³-hybridized carbons (Fsp3) is 0.0625. The van der Waals surface area contributed by atoms with Gasteiger partial charge in [0, 0.05) is 32.9 Å². The molecule has 1 aliphatic rings. The highest BCUT2D eigenvalue weighted by molar-refractivity contribution is 6.07. The van der Waals surface area contributed by atoms with Gasteiger partial charge in [0.15, 0.2) is 17.5 Å². The summed E-state index contributed by atoms with van der Waals surface area (Å²) in [6.07, 6.45) is 0. The summed E-state index contributed by atoms with van der Waals surface area (Å²) in [7, 11) is 0. The van der Waals surface area contributed by atoms with Gasteiger partial charge in [-0.2, -0.15) is 0 Å². The molecule has 52 heavy (non-hydrogen) atoms. The average Bonchev–Trinajstić information content (AvgIpc) is 3.69. The summed E-state index contributed by atoms with van der Waals surface area (Å²) >= 11 is 0. The number of furan rings is 1. The molecule has 1 aliphatic carbocycles. The summed E-state index contributed by atoms with van der Waals surface area (Å²) in [5.74, 6) is 1.93. The van der Waals surface area contributed by atoms with Crippen molar-refractivity contribution in [2.75, 3.05) is 0 Å². The lowest BCUT2D eigenvalue weighted by atomic mass is 9.81. The molecule has 0 aliphatic heterocycles. The first-order valence-electron chi connectivity index (χ1n) is 17.7. The van der Waals surface area contributed by atoms with E-state index >= 15 is 0 Å². The van der Waals surface area contributed by atoms with Crippen LogP contribution in [0.1, 0.15) is 25.0 Å². The molecular formula is C48H33N3O. The Bertz CT molecular complexity index is 2760. The molecule has 0 fully saturated rings. The summed E-state index contributed by atoms with van der Waals surface area (Å²) in [6.45, 7) is 4.66. The first kappa shape index (κ1) is 30.2. The SMILES string of the molecule is CC1(C)c2ccccc2-c2ccc(-c3ccc4oc5ccc(-c6cccc(-c7nc(-c8ccccc8)nc(-c8ccccc8)n7)c6)cc5c4c3)cc21. The maximum absolute atomic E-state index is 6.36. The fourth-order valence-corrected chi connectivity index (χ4v) is 7.80. The molecule has 10 rings (SSSR count). The van der Waals surface area contributed by atoms with E-state index in [1.165, 1.54) is 33.4 Å². The van der Waals surface area contributed by atoms with Crippen LogP contribution in [0, 0.1) is 0 Å². The van der Waals surface area contributed by atoms with Crippen LogP contribution in [0.15, 0.2) is 168 Å². The molecule has 2 aromatic heterocycles. The van der Waals surface area contributed by atoms with E-state index in [0.29, 0.717) is 17.5 Å². The van der Waals surface area contributed by atoms with Gasteiger partial charge in [-0.15, -0.1) is 0 Å². The monoisotopic (exact) mass is 667 g/mol. The molecule has 9 aromatic rings. The molecule has 0 atom stereocenters. The minimum absolute atomic E-state index is 0.0503. The van der Waals surface area contributed by atoms with Gasteiger partial charge < -0.3 is 4.42 Å². The molecule has 0 spiro atoms. The van der Waals surface area contributed by atoms with E-state index in [2.05, 4.69) is 117 Å². The predicted molar refractivity (Wildman–Crippen MR) is 212 cm³/mol. The lowest BCUT2D eigenvalue weighted by Crippen LogP contribution is -2.14. The van der Waals surface area contributed by atoms with Crippen LogP contribution < -0.4 is 0 Å². The third-order valence-corrected chi connectivity index (χ3v) is 10.5. The topological polar surface area (TPSA) is 51.8 Å². The minimum Gasteiger partial charge on any atom is -0.456 e. The highest BCUT2D eigenvalue weighted by Gasteiger charge is 2.35. The Labute approximate surface area is 302 Å². The third kappa shape index (κ3) is 4.95. The smallest absolute Gasteiger partial charge is 0.164 e. The number of aromatic nitrogens is 3. The van der Waals surface area contributed by atoms with Crippen LogP contribution in [0.2, 0.25) is 0 Å². The first-order valence-corrected chi connectivity index (χ1v) is 17.7. The fourth-order valence-electron chi connectivity index (χ4n) is 7.80. The standard InChI is InChI=1S/C48H33N3O/c1-48(2)41-19-10-9-18-37(41)38-23-20-35(29-42(38)48)34-22-25-44-40(28-34)39-27-33(21-24-43(39)52-44)32-16-11-17-36(26-32)47-50-45(30-12-5-3-6-13-30)49-46(51-47)31-14-7-4-8-15-31/h3-29H,1-2H3. The Hall–Kier alpha value is -6.65. The molecule has 0 N–H and O–H groups in total. The van der Waals surface area contributed by atoms with Crippen molar-refractivity contribution in [2.45, 2.75) is 19.3 Å². The van der Waals surface area contributed by atoms with Crippen molar-refractivity contribution in [3.63, 3.8) is 0 Å². The van der Waals surface area contributed by atoms with Crippen molar-refractivity contribution in [3.8, 4) is 67.5 Å². The Morgan fingerprint density at radius 3 is 1.46 bits per heavy atom. The van der Waals surface area contributed by atoms with Gasteiger partial charge in [0.05, 0.1) is 0 Å². The van der Waals surface area contributed by atoms with E-state index < -0.39 is 0 Å². The average molecular weight is 668 g/mol. The summed E-state index contributed by atoms with van der Waals surface area (Å²) in [5, 5.41) is 2.19. The van der Waals surface area contributed by atoms with Crippen molar-refractivity contribution >= 4 is 21.9 Å². The molecule has 4 heteroatoms. The van der Waals surface area contributed by atoms with Crippen LogP contribution in [0.4, 0.5) is 0 Å². The van der Waals surface area contributed by atoms with Gasteiger partial charge in [-0.1, -0.05) is 141 Å². The number of hydrogen-bond donors (Lipinski definition) is 0. The molecule has 0 saturated heterocycles. The maximum Gasteiger partial charge on any atom is 0.164 e. The number of nitrogens with zero attached hydrogens (tertiary/aromatic N) is 3. The molecule has 0 unspecified atom stereocenters. The second kappa shape index (κ2) is 11.7. The second-order valence-corrected chi connectivity index (χ2v) is 14.1. The van der Waals surface area contributed by atoms with Crippen LogP contribution in [-0.2, 0) is 5.41 Å². The van der Waals surface area contributed by atoms with Crippen LogP contribution in [0.5, 0.6) is 0 Å². The van der Waals surface area contributed by atoms with Gasteiger partial charge in [-0.25, -0.2) is 15.0 Å². The minimum atomic E-state index is -0.0503. The molecule has 2 heterocycles. The number of hydrogen-bond acceptors (Lipinski definition) is 4. The van der Waals surface area contributed by atoms with E-state index in [4.69, 9.17) is 19.4 Å². The molecule has 4 nitrogen and oxygen atoms in total. The molecule has 0 saturated carbocycles. The largest absolute Gasteiger partial charge is 0.456 e. The van der Waals surface area contributed by atoms with Gasteiger partial charge in [-0.05, 0) is 80.9 Å². The van der Waals surface area contributed by atoms with Crippen molar-refractivity contribution in [1.29, 1.82) is 0 Å². The highest BCUT2D eigenvalue weighted by Crippen LogP contribution is 2.49. The van der Waals surface area contributed by atoms with E-state index in [-0.39, 0.29) is 5.41 Å². The van der Waals surface area contributed by atoms with Crippen LogP contribution >= 0.6 is 0 Å². The van der Waals surface area contributed by atoms with Gasteiger partial charge in [0.25, 0.3) is 0 Å². The quantitative estimate of drug-likeness (QED) is 0.183. The maximum atomic E-state index is 6.36. The molecule has 0 bridgehead atoms. The van der Waals surface area contributed by atoms with E-state index in [0.717, 1.165) is 49.8 Å². The zero-order chi connectivity index (χ0) is 34.8.